The molecular weight excluding hydrogens is 232 g/mol. The first-order chi connectivity index (χ1) is 9.13. The molecular formula is C17H22N2. The Morgan fingerprint density at radius 1 is 1.00 bits per heavy atom. The summed E-state index contributed by atoms with van der Waals surface area (Å²) < 4.78 is 0. The van der Waals surface area contributed by atoms with Gasteiger partial charge in [0.05, 0.1) is 6.04 Å². The van der Waals surface area contributed by atoms with Crippen LogP contribution in [0.3, 0.4) is 0 Å². The lowest BCUT2D eigenvalue weighted by molar-refractivity contribution is 0.685. The van der Waals surface area contributed by atoms with Gasteiger partial charge in [0.1, 0.15) is 0 Å². The monoisotopic (exact) mass is 254 g/mol. The Morgan fingerprint density at radius 2 is 1.63 bits per heavy atom. The van der Waals surface area contributed by atoms with Crippen molar-refractivity contribution in [2.24, 2.45) is 0 Å². The smallest absolute Gasteiger partial charge is 0.0578 e. The summed E-state index contributed by atoms with van der Waals surface area (Å²) >= 11 is 0. The third kappa shape index (κ3) is 3.02. The average molecular weight is 254 g/mol. The molecule has 2 heteroatoms. The van der Waals surface area contributed by atoms with Gasteiger partial charge in [0.15, 0.2) is 0 Å². The molecule has 2 nitrogen and oxygen atoms in total. The summed E-state index contributed by atoms with van der Waals surface area (Å²) in [6.45, 7) is 6.55. The Hall–Kier alpha value is -1.67. The fourth-order valence-corrected chi connectivity index (χ4v) is 2.38. The van der Waals surface area contributed by atoms with E-state index in [0.29, 0.717) is 5.92 Å². The molecule has 0 amide bonds. The van der Waals surface area contributed by atoms with E-state index in [1.165, 1.54) is 22.3 Å². The van der Waals surface area contributed by atoms with E-state index in [9.17, 15) is 0 Å². The lowest BCUT2D eigenvalue weighted by Crippen LogP contribution is -2.18. The average Bonchev–Trinajstić information content (AvgIpc) is 2.42. The summed E-state index contributed by atoms with van der Waals surface area (Å²) in [5.41, 5.74) is 5.18. The molecule has 1 N–H and O–H groups in total. The maximum Gasteiger partial charge on any atom is 0.0578 e. The molecule has 0 fully saturated rings. The maximum absolute atomic E-state index is 4.16. The molecule has 1 atom stereocenters. The van der Waals surface area contributed by atoms with Crippen LogP contribution in [0.1, 0.15) is 48.1 Å². The molecule has 2 rings (SSSR count). The number of nitrogens with one attached hydrogen (secondary N) is 1. The topological polar surface area (TPSA) is 24.9 Å². The maximum atomic E-state index is 4.16. The van der Waals surface area contributed by atoms with Crippen molar-refractivity contribution in [1.82, 2.24) is 10.3 Å². The van der Waals surface area contributed by atoms with Crippen LogP contribution in [0.5, 0.6) is 0 Å². The molecule has 0 saturated heterocycles. The third-order valence-corrected chi connectivity index (χ3v) is 3.60. The minimum atomic E-state index is 0.226. The molecule has 100 valence electrons. The molecule has 1 aromatic carbocycles. The van der Waals surface area contributed by atoms with E-state index in [4.69, 9.17) is 0 Å². The van der Waals surface area contributed by atoms with Gasteiger partial charge in [0.25, 0.3) is 0 Å². The SMILES string of the molecule is CNC(c1ccc(C(C)C)cc1)c1ccncc1C. The molecule has 19 heavy (non-hydrogen) atoms. The van der Waals surface area contributed by atoms with Gasteiger partial charge >= 0.3 is 0 Å². The fraction of sp³-hybridized carbons (Fsp3) is 0.353. The molecule has 0 bridgehead atoms. The second kappa shape index (κ2) is 5.98. The highest BCUT2D eigenvalue weighted by molar-refractivity contribution is 5.36. The minimum Gasteiger partial charge on any atom is -0.309 e. The van der Waals surface area contributed by atoms with Gasteiger partial charge in [-0.15, -0.1) is 0 Å². The predicted octanol–water partition coefficient (Wildman–Crippen LogP) is 3.82. The number of pyridine rings is 1. The molecule has 0 spiro atoms. The van der Waals surface area contributed by atoms with Crippen molar-refractivity contribution in [3.8, 4) is 0 Å². The van der Waals surface area contributed by atoms with E-state index >= 15 is 0 Å². The minimum absolute atomic E-state index is 0.226. The molecule has 0 saturated carbocycles. The molecule has 0 aliphatic heterocycles. The zero-order valence-electron chi connectivity index (χ0n) is 12.1. The van der Waals surface area contributed by atoms with E-state index in [0.717, 1.165) is 0 Å². The van der Waals surface area contributed by atoms with Crippen LogP contribution in [0.4, 0.5) is 0 Å². The Labute approximate surface area is 115 Å². The van der Waals surface area contributed by atoms with Crippen LogP contribution in [0, 0.1) is 6.92 Å². The van der Waals surface area contributed by atoms with Gasteiger partial charge < -0.3 is 5.32 Å². The van der Waals surface area contributed by atoms with Crippen molar-refractivity contribution in [2.75, 3.05) is 7.05 Å². The van der Waals surface area contributed by atoms with Crippen molar-refractivity contribution in [3.63, 3.8) is 0 Å². The standard InChI is InChI=1S/C17H22N2/c1-12(2)14-5-7-15(8-6-14)17(18-4)16-9-10-19-11-13(16)3/h5-12,17-18H,1-4H3. The number of hydrogen-bond acceptors (Lipinski definition) is 2. The third-order valence-electron chi connectivity index (χ3n) is 3.60. The molecule has 1 aromatic heterocycles. The fourth-order valence-electron chi connectivity index (χ4n) is 2.38. The highest BCUT2D eigenvalue weighted by atomic mass is 14.9. The summed E-state index contributed by atoms with van der Waals surface area (Å²) in [5, 5.41) is 3.40. The Morgan fingerprint density at radius 3 is 2.16 bits per heavy atom. The quantitative estimate of drug-likeness (QED) is 0.897. The number of hydrogen-bond donors (Lipinski definition) is 1. The summed E-state index contributed by atoms with van der Waals surface area (Å²) in [5.74, 6) is 0.574. The van der Waals surface area contributed by atoms with Gasteiger partial charge in [-0.1, -0.05) is 38.1 Å². The van der Waals surface area contributed by atoms with Crippen molar-refractivity contribution in [1.29, 1.82) is 0 Å². The van der Waals surface area contributed by atoms with Crippen LogP contribution in [0.2, 0.25) is 0 Å². The first-order valence-electron chi connectivity index (χ1n) is 6.81. The van der Waals surface area contributed by atoms with Gasteiger partial charge in [-0.3, -0.25) is 4.98 Å². The van der Waals surface area contributed by atoms with Crippen LogP contribution in [-0.2, 0) is 0 Å². The summed E-state index contributed by atoms with van der Waals surface area (Å²) in [7, 11) is 2.00. The number of benzene rings is 1. The van der Waals surface area contributed by atoms with E-state index in [1.807, 2.05) is 19.4 Å². The zero-order valence-corrected chi connectivity index (χ0v) is 12.1. The summed E-state index contributed by atoms with van der Waals surface area (Å²) in [6.07, 6.45) is 3.78. The van der Waals surface area contributed by atoms with E-state index in [1.54, 1.807) is 0 Å². The molecule has 1 unspecified atom stereocenters. The van der Waals surface area contributed by atoms with E-state index in [-0.39, 0.29) is 6.04 Å². The first-order valence-corrected chi connectivity index (χ1v) is 6.81. The Bertz CT molecular complexity index is 529. The second-order valence-electron chi connectivity index (χ2n) is 5.28. The van der Waals surface area contributed by atoms with E-state index in [2.05, 4.69) is 61.4 Å². The van der Waals surface area contributed by atoms with Gasteiger partial charge in [0, 0.05) is 12.4 Å². The highest BCUT2D eigenvalue weighted by Gasteiger charge is 2.14. The van der Waals surface area contributed by atoms with Crippen LogP contribution < -0.4 is 5.32 Å². The normalized spacial score (nSPS) is 12.7. The molecule has 0 aliphatic carbocycles. The predicted molar refractivity (Wildman–Crippen MR) is 80.4 cm³/mol. The van der Waals surface area contributed by atoms with Crippen LogP contribution >= 0.6 is 0 Å². The van der Waals surface area contributed by atoms with Gasteiger partial charge in [0.2, 0.25) is 0 Å². The first kappa shape index (κ1) is 13.8. The van der Waals surface area contributed by atoms with Crippen molar-refractivity contribution in [2.45, 2.75) is 32.7 Å². The number of aromatic nitrogens is 1. The van der Waals surface area contributed by atoms with Crippen LogP contribution in [0.15, 0.2) is 42.7 Å². The van der Waals surface area contributed by atoms with Crippen molar-refractivity contribution < 1.29 is 0 Å². The number of nitrogens with zero attached hydrogens (tertiary/aromatic N) is 1. The van der Waals surface area contributed by atoms with Gasteiger partial charge in [-0.2, -0.15) is 0 Å². The van der Waals surface area contributed by atoms with E-state index < -0.39 is 0 Å². The van der Waals surface area contributed by atoms with Gasteiger partial charge in [-0.25, -0.2) is 0 Å². The van der Waals surface area contributed by atoms with Crippen molar-refractivity contribution >= 4 is 0 Å². The Kier molecular flexibility index (Phi) is 4.33. The van der Waals surface area contributed by atoms with Gasteiger partial charge in [-0.05, 0) is 48.2 Å². The lowest BCUT2D eigenvalue weighted by Gasteiger charge is -2.19. The molecule has 0 radical (unpaired) electrons. The molecule has 0 aliphatic rings. The number of aryl methyl sites for hydroxylation is 1. The second-order valence-corrected chi connectivity index (χ2v) is 5.28. The van der Waals surface area contributed by atoms with Crippen molar-refractivity contribution in [3.05, 3.63) is 65.0 Å². The number of rotatable bonds is 4. The molecule has 1 heterocycles. The summed E-state index contributed by atoms with van der Waals surface area (Å²) in [6, 6.07) is 11.2. The largest absolute Gasteiger partial charge is 0.309 e. The lowest BCUT2D eigenvalue weighted by atomic mass is 9.94. The zero-order chi connectivity index (χ0) is 13.8. The van der Waals surface area contributed by atoms with Crippen LogP contribution in [-0.4, -0.2) is 12.0 Å². The van der Waals surface area contributed by atoms with Crippen LogP contribution in [0.25, 0.3) is 0 Å². The highest BCUT2D eigenvalue weighted by Crippen LogP contribution is 2.25. The molecule has 2 aromatic rings. The Balaban J connectivity index is 2.35. The summed E-state index contributed by atoms with van der Waals surface area (Å²) in [4.78, 5) is 4.16.